The van der Waals surface area contributed by atoms with Crippen LogP contribution in [-0.2, 0) is 33.7 Å². The Morgan fingerprint density at radius 1 is 1.06 bits per heavy atom. The van der Waals surface area contributed by atoms with E-state index in [2.05, 4.69) is 27.6 Å². The predicted molar refractivity (Wildman–Crippen MR) is 131 cm³/mol. The normalized spacial score (nSPS) is 12.3. The molecule has 0 atom stereocenters. The molecule has 0 aliphatic rings. The summed E-state index contributed by atoms with van der Waals surface area (Å²) in [5.41, 5.74) is 0.671. The van der Waals surface area contributed by atoms with Crippen LogP contribution in [-0.4, -0.2) is 34.2 Å². The summed E-state index contributed by atoms with van der Waals surface area (Å²) >= 11 is 2.17. The van der Waals surface area contributed by atoms with E-state index in [4.69, 9.17) is 9.47 Å². The summed E-state index contributed by atoms with van der Waals surface area (Å²) in [6.45, 7) is 4.41. The zero-order chi connectivity index (χ0) is 25.6. The number of carbonyl (C=O) groups is 2. The number of imidazole rings is 1. The number of benzene rings is 2. The highest BCUT2D eigenvalue weighted by molar-refractivity contribution is 14.1. The van der Waals surface area contributed by atoms with Gasteiger partial charge in [-0.15, -0.1) is 0 Å². The third-order valence-corrected chi connectivity index (χ3v) is 5.71. The summed E-state index contributed by atoms with van der Waals surface area (Å²) in [5.74, 6) is -1.20. The Hall–Kier alpha value is -2.67. The number of carbonyl (C=O) groups excluding carboxylic acids is 2. The summed E-state index contributed by atoms with van der Waals surface area (Å²) in [6.07, 6.45) is -3.34. The molecule has 0 radical (unpaired) electrons. The first-order chi connectivity index (χ1) is 16.6. The lowest BCUT2D eigenvalue weighted by atomic mass is 10.1. The molecule has 0 saturated heterocycles. The maximum absolute atomic E-state index is 13.2. The number of halogens is 4. The molecule has 0 N–H and O–H groups in total. The van der Waals surface area contributed by atoms with Gasteiger partial charge in [-0.1, -0.05) is 13.0 Å². The van der Waals surface area contributed by atoms with Gasteiger partial charge in [0, 0.05) is 29.2 Å². The van der Waals surface area contributed by atoms with Crippen molar-refractivity contribution in [2.24, 2.45) is 4.99 Å². The first-order valence-electron chi connectivity index (χ1n) is 11.0. The first-order valence-corrected chi connectivity index (χ1v) is 12.1. The number of fused-ring (bicyclic) bond motifs is 1. The van der Waals surface area contributed by atoms with E-state index in [9.17, 15) is 22.8 Å². The van der Waals surface area contributed by atoms with Crippen LogP contribution in [0, 0.1) is 3.57 Å². The van der Waals surface area contributed by atoms with Crippen LogP contribution in [0.1, 0.15) is 42.6 Å². The quantitative estimate of drug-likeness (QED) is 0.193. The Labute approximate surface area is 213 Å². The summed E-state index contributed by atoms with van der Waals surface area (Å²) in [7, 11) is 0. The number of ether oxygens (including phenoxy) is 2. The van der Waals surface area contributed by atoms with E-state index in [-0.39, 0.29) is 24.5 Å². The molecule has 0 saturated carbocycles. The average molecular weight is 603 g/mol. The van der Waals surface area contributed by atoms with Crippen LogP contribution in [0.25, 0.3) is 11.0 Å². The lowest BCUT2D eigenvalue weighted by molar-refractivity contribution is -0.141. The topological polar surface area (TPSA) is 74.8 Å². The molecular weight excluding hydrogens is 578 g/mol. The van der Waals surface area contributed by atoms with E-state index in [0.717, 1.165) is 33.2 Å². The van der Waals surface area contributed by atoms with Gasteiger partial charge in [-0.05, 0) is 71.8 Å². The summed E-state index contributed by atoms with van der Waals surface area (Å²) in [4.78, 5) is 28.4. The summed E-state index contributed by atoms with van der Waals surface area (Å²) < 4.78 is 54.7. The molecule has 1 aromatic heterocycles. The fourth-order valence-corrected chi connectivity index (χ4v) is 3.97. The second-order valence-electron chi connectivity index (χ2n) is 7.74. The Morgan fingerprint density at radius 3 is 2.51 bits per heavy atom. The van der Waals surface area contributed by atoms with Gasteiger partial charge in [0.25, 0.3) is 5.91 Å². The monoisotopic (exact) mass is 603 g/mol. The van der Waals surface area contributed by atoms with Gasteiger partial charge in [0.15, 0.2) is 0 Å². The van der Waals surface area contributed by atoms with E-state index in [0.29, 0.717) is 19.6 Å². The average Bonchev–Trinajstić information content (AvgIpc) is 3.07. The SMILES string of the molecule is CCCOCn1/c(=N\C(=O)c2cccc(C(F)(F)F)c2)n(CCCOC(C)=O)c2ccc(I)cc21. The van der Waals surface area contributed by atoms with Crippen LogP contribution in [0.4, 0.5) is 13.2 Å². The van der Waals surface area contributed by atoms with E-state index in [1.807, 2.05) is 25.1 Å². The maximum atomic E-state index is 13.2. The smallest absolute Gasteiger partial charge is 0.416 e. The number of aryl methyl sites for hydroxylation is 1. The second kappa shape index (κ2) is 11.8. The molecule has 7 nitrogen and oxygen atoms in total. The minimum Gasteiger partial charge on any atom is -0.466 e. The van der Waals surface area contributed by atoms with Gasteiger partial charge in [-0.25, -0.2) is 0 Å². The van der Waals surface area contributed by atoms with Crippen molar-refractivity contribution in [3.05, 3.63) is 62.8 Å². The molecule has 188 valence electrons. The number of hydrogen-bond donors (Lipinski definition) is 0. The number of alkyl halides is 3. The van der Waals surface area contributed by atoms with Gasteiger partial charge in [-0.2, -0.15) is 18.2 Å². The number of esters is 1. The van der Waals surface area contributed by atoms with Crippen LogP contribution in [0.2, 0.25) is 0 Å². The van der Waals surface area contributed by atoms with Crippen molar-refractivity contribution in [3.63, 3.8) is 0 Å². The van der Waals surface area contributed by atoms with Gasteiger partial charge in [-0.3, -0.25) is 14.2 Å². The van der Waals surface area contributed by atoms with Crippen molar-refractivity contribution in [1.82, 2.24) is 9.13 Å². The minimum absolute atomic E-state index is 0.107. The van der Waals surface area contributed by atoms with Gasteiger partial charge < -0.3 is 14.0 Å². The highest BCUT2D eigenvalue weighted by Gasteiger charge is 2.31. The summed E-state index contributed by atoms with van der Waals surface area (Å²) in [5, 5.41) is 0. The molecule has 0 fully saturated rings. The highest BCUT2D eigenvalue weighted by atomic mass is 127. The van der Waals surface area contributed by atoms with Crippen molar-refractivity contribution in [1.29, 1.82) is 0 Å². The molecule has 1 amide bonds. The van der Waals surface area contributed by atoms with Crippen LogP contribution in [0.3, 0.4) is 0 Å². The zero-order valence-electron chi connectivity index (χ0n) is 19.3. The largest absolute Gasteiger partial charge is 0.466 e. The number of aromatic nitrogens is 2. The molecule has 3 aromatic rings. The van der Waals surface area contributed by atoms with Crippen molar-refractivity contribution in [2.45, 2.75) is 46.1 Å². The molecule has 0 unspecified atom stereocenters. The number of amides is 1. The van der Waals surface area contributed by atoms with Gasteiger partial charge in [0.05, 0.1) is 23.2 Å². The Bertz CT molecular complexity index is 1280. The van der Waals surface area contributed by atoms with Gasteiger partial charge in [0.2, 0.25) is 5.62 Å². The third-order valence-electron chi connectivity index (χ3n) is 5.04. The van der Waals surface area contributed by atoms with Crippen LogP contribution < -0.4 is 5.62 Å². The molecule has 0 bridgehead atoms. The Kier molecular flexibility index (Phi) is 9.11. The minimum atomic E-state index is -4.58. The molecular formula is C24H25F3IN3O4. The first kappa shape index (κ1) is 26.9. The number of rotatable bonds is 9. The van der Waals surface area contributed by atoms with E-state index in [1.165, 1.54) is 19.1 Å². The molecule has 2 aromatic carbocycles. The van der Waals surface area contributed by atoms with E-state index >= 15 is 0 Å². The van der Waals surface area contributed by atoms with Gasteiger partial charge in [0.1, 0.15) is 6.73 Å². The summed E-state index contributed by atoms with van der Waals surface area (Å²) in [6, 6.07) is 9.89. The van der Waals surface area contributed by atoms with E-state index < -0.39 is 23.6 Å². The van der Waals surface area contributed by atoms with Crippen LogP contribution in [0.5, 0.6) is 0 Å². The maximum Gasteiger partial charge on any atom is 0.416 e. The van der Waals surface area contributed by atoms with Crippen LogP contribution >= 0.6 is 22.6 Å². The molecule has 0 aliphatic heterocycles. The number of nitrogens with zero attached hydrogens (tertiary/aromatic N) is 3. The zero-order valence-corrected chi connectivity index (χ0v) is 21.4. The lowest BCUT2D eigenvalue weighted by Crippen LogP contribution is -2.29. The van der Waals surface area contributed by atoms with Crippen molar-refractivity contribution >= 4 is 45.5 Å². The standard InChI is InChI=1S/C24H25F3IN3O4/c1-3-11-34-15-31-21-14-19(28)8-9-20(21)30(10-5-12-35-16(2)32)23(31)29-22(33)17-6-4-7-18(13-17)24(25,26)27/h4,6-9,13-14H,3,5,10-12,15H2,1-2H3/b29-23-. The highest BCUT2D eigenvalue weighted by Crippen LogP contribution is 2.29. The van der Waals surface area contributed by atoms with Crippen molar-refractivity contribution < 1.29 is 32.2 Å². The third kappa shape index (κ3) is 6.94. The molecule has 1 heterocycles. The van der Waals surface area contributed by atoms with Gasteiger partial charge >= 0.3 is 12.1 Å². The molecule has 0 aliphatic carbocycles. The molecule has 3 rings (SSSR count). The Morgan fingerprint density at radius 2 is 1.83 bits per heavy atom. The molecule has 0 spiro atoms. The number of hydrogen-bond acceptors (Lipinski definition) is 4. The van der Waals surface area contributed by atoms with Crippen LogP contribution in [0.15, 0.2) is 47.5 Å². The molecule has 35 heavy (non-hydrogen) atoms. The van der Waals surface area contributed by atoms with Crippen molar-refractivity contribution in [3.8, 4) is 0 Å². The molecule has 11 heteroatoms. The lowest BCUT2D eigenvalue weighted by Gasteiger charge is -2.08. The second-order valence-corrected chi connectivity index (χ2v) is 8.98. The fourth-order valence-electron chi connectivity index (χ4n) is 3.49. The Balaban J connectivity index is 2.13. The fraction of sp³-hybridized carbons (Fsp3) is 0.375. The van der Waals surface area contributed by atoms with E-state index in [1.54, 1.807) is 9.13 Å². The predicted octanol–water partition coefficient (Wildman–Crippen LogP) is 5.14. The van der Waals surface area contributed by atoms with Crippen molar-refractivity contribution in [2.75, 3.05) is 13.2 Å².